The molecule has 39 heavy (non-hydrogen) atoms. The smallest absolute Gasteiger partial charge is 0.362 e. The summed E-state index contributed by atoms with van der Waals surface area (Å²) in [4.78, 5) is 40.4. The first kappa shape index (κ1) is 27.9. The molecule has 4 amide bonds. The Bertz CT molecular complexity index is 1320. The first-order valence-electron chi connectivity index (χ1n) is 12.7. The third kappa shape index (κ3) is 6.15. The van der Waals surface area contributed by atoms with Gasteiger partial charge in [0.1, 0.15) is 11.5 Å². The van der Waals surface area contributed by atoms with Crippen LogP contribution in [0.1, 0.15) is 52.0 Å². The molecule has 202 valence electrons. The highest BCUT2D eigenvalue weighted by molar-refractivity contribution is 7.47. The molecular weight excluding hydrogens is 514 g/mol. The maximum atomic E-state index is 13.4. The Morgan fingerprint density at radius 1 is 0.923 bits per heavy atom. The van der Waals surface area contributed by atoms with Crippen molar-refractivity contribution in [3.05, 3.63) is 95.6 Å². The van der Waals surface area contributed by atoms with Crippen LogP contribution in [-0.2, 0) is 17.8 Å². The van der Waals surface area contributed by atoms with E-state index in [1.165, 1.54) is 12.0 Å². The van der Waals surface area contributed by atoms with Gasteiger partial charge in [0.05, 0.1) is 19.8 Å². The molecule has 0 spiro atoms. The molecule has 0 heterocycles. The second-order valence-electron chi connectivity index (χ2n) is 9.54. The summed E-state index contributed by atoms with van der Waals surface area (Å²) in [5.74, 6) is 0.448. The fourth-order valence-electron chi connectivity index (χ4n) is 5.28. The SMILES string of the molecule is COc1ccc(C(=O)N(C(=O)N=S)[C@H]2CC[C@](CNC(=O)c3ccccc3OC)(c3ccccc3)CC2)cc1. The lowest BCUT2D eigenvalue weighted by Crippen LogP contribution is -2.50. The van der Waals surface area contributed by atoms with Gasteiger partial charge in [0.25, 0.3) is 11.8 Å². The van der Waals surface area contributed by atoms with E-state index in [-0.39, 0.29) is 17.4 Å². The van der Waals surface area contributed by atoms with E-state index in [4.69, 9.17) is 21.9 Å². The Hall–Kier alpha value is -4.11. The molecule has 0 bridgehead atoms. The van der Waals surface area contributed by atoms with Gasteiger partial charge >= 0.3 is 6.03 Å². The summed E-state index contributed by atoms with van der Waals surface area (Å²) in [5, 5.41) is 3.11. The summed E-state index contributed by atoms with van der Waals surface area (Å²) < 4.78 is 13.9. The van der Waals surface area contributed by atoms with Gasteiger partial charge in [0.15, 0.2) is 0 Å². The molecule has 4 rings (SSSR count). The molecule has 1 saturated carbocycles. The van der Waals surface area contributed by atoms with Crippen molar-refractivity contribution in [2.45, 2.75) is 37.1 Å². The lowest BCUT2D eigenvalue weighted by molar-refractivity contribution is 0.0685. The first-order chi connectivity index (χ1) is 18.9. The zero-order chi connectivity index (χ0) is 27.8. The zero-order valence-electron chi connectivity index (χ0n) is 22.0. The average molecular weight is 546 g/mol. The Balaban J connectivity index is 1.55. The standard InChI is InChI=1S/C30H31N3O5S/c1-37-24-14-12-21(13-15-24)28(35)33(29(36)32-39)23-16-18-30(19-17-23,22-8-4-3-5-9-22)20-31-27(34)25-10-6-7-11-26(25)38-2/h3-15,23H,16-20H2,1-2H3,(H,31,34)/t23-,30-. The van der Waals surface area contributed by atoms with Crippen LogP contribution >= 0.6 is 0 Å². The highest BCUT2D eigenvalue weighted by Crippen LogP contribution is 2.41. The van der Waals surface area contributed by atoms with Crippen LogP contribution in [0.15, 0.2) is 83.2 Å². The quantitative estimate of drug-likeness (QED) is 0.412. The average Bonchev–Trinajstić information content (AvgIpc) is 3.00. The lowest BCUT2D eigenvalue weighted by atomic mass is 9.67. The largest absolute Gasteiger partial charge is 0.497 e. The number of hydrogen-bond acceptors (Lipinski definition) is 6. The van der Waals surface area contributed by atoms with Crippen LogP contribution in [0.3, 0.4) is 0 Å². The Morgan fingerprint density at radius 3 is 2.18 bits per heavy atom. The van der Waals surface area contributed by atoms with Gasteiger partial charge in [-0.2, -0.15) is 0 Å². The fourth-order valence-corrected chi connectivity index (χ4v) is 5.36. The second kappa shape index (κ2) is 12.6. The minimum Gasteiger partial charge on any atom is -0.497 e. The molecule has 1 N–H and O–H groups in total. The summed E-state index contributed by atoms with van der Waals surface area (Å²) in [6, 6.07) is 22.6. The number of nitrogens with zero attached hydrogens (tertiary/aromatic N) is 2. The van der Waals surface area contributed by atoms with Crippen molar-refractivity contribution in [3.8, 4) is 11.5 Å². The number of urea groups is 1. The van der Waals surface area contributed by atoms with Gasteiger partial charge in [-0.25, -0.2) is 4.79 Å². The molecule has 8 nitrogen and oxygen atoms in total. The van der Waals surface area contributed by atoms with E-state index in [0.29, 0.717) is 54.9 Å². The predicted molar refractivity (Wildman–Crippen MR) is 150 cm³/mol. The first-order valence-corrected chi connectivity index (χ1v) is 13.1. The van der Waals surface area contributed by atoms with Crippen LogP contribution in [0.5, 0.6) is 11.5 Å². The number of benzene rings is 3. The summed E-state index contributed by atoms with van der Waals surface area (Å²) in [6.45, 7) is 0.395. The predicted octanol–water partition coefficient (Wildman–Crippen LogP) is 5.31. The van der Waals surface area contributed by atoms with Crippen molar-refractivity contribution < 1.29 is 23.9 Å². The van der Waals surface area contributed by atoms with Crippen molar-refractivity contribution in [2.24, 2.45) is 4.36 Å². The van der Waals surface area contributed by atoms with Gasteiger partial charge in [-0.05, 0) is 67.6 Å². The van der Waals surface area contributed by atoms with E-state index in [9.17, 15) is 14.4 Å². The number of nitrogens with one attached hydrogen (secondary N) is 1. The van der Waals surface area contributed by atoms with E-state index >= 15 is 0 Å². The van der Waals surface area contributed by atoms with Crippen LogP contribution in [0.25, 0.3) is 0 Å². The highest BCUT2D eigenvalue weighted by atomic mass is 32.1. The number of rotatable bonds is 8. The molecule has 1 aliphatic carbocycles. The molecule has 1 aliphatic rings. The highest BCUT2D eigenvalue weighted by Gasteiger charge is 2.41. The van der Waals surface area contributed by atoms with Gasteiger partial charge in [-0.15, -0.1) is 4.36 Å². The van der Waals surface area contributed by atoms with Crippen molar-refractivity contribution in [3.63, 3.8) is 0 Å². The lowest BCUT2D eigenvalue weighted by Gasteiger charge is -2.43. The van der Waals surface area contributed by atoms with Crippen LogP contribution in [-0.4, -0.2) is 49.6 Å². The van der Waals surface area contributed by atoms with E-state index in [1.54, 1.807) is 49.6 Å². The Morgan fingerprint density at radius 2 is 1.56 bits per heavy atom. The van der Waals surface area contributed by atoms with Crippen LogP contribution in [0, 0.1) is 0 Å². The molecule has 1 fully saturated rings. The summed E-state index contributed by atoms with van der Waals surface area (Å²) in [7, 11) is 3.08. The molecule has 0 aliphatic heterocycles. The van der Waals surface area contributed by atoms with Crippen molar-refractivity contribution in [2.75, 3.05) is 20.8 Å². The minimum atomic E-state index is -0.743. The number of carbonyl (C=O) groups is 3. The molecule has 0 aromatic heterocycles. The Labute approximate surface area is 233 Å². The molecular formula is C30H31N3O5S. The third-order valence-electron chi connectivity index (χ3n) is 7.44. The molecule has 0 atom stereocenters. The maximum Gasteiger partial charge on any atom is 0.362 e. The summed E-state index contributed by atoms with van der Waals surface area (Å²) >= 11 is 4.69. The van der Waals surface area contributed by atoms with Gasteiger partial charge in [-0.3, -0.25) is 14.5 Å². The van der Waals surface area contributed by atoms with Gasteiger partial charge in [0, 0.05) is 36.0 Å². The number of methoxy groups -OCH3 is 2. The Kier molecular flexibility index (Phi) is 9.03. The van der Waals surface area contributed by atoms with Gasteiger partial charge < -0.3 is 14.8 Å². The van der Waals surface area contributed by atoms with E-state index in [1.807, 2.05) is 24.3 Å². The minimum absolute atomic E-state index is 0.221. The summed E-state index contributed by atoms with van der Waals surface area (Å²) in [5.41, 5.74) is 1.53. The number of imide groups is 1. The number of ether oxygens (including phenoxy) is 2. The van der Waals surface area contributed by atoms with E-state index in [0.717, 1.165) is 5.56 Å². The van der Waals surface area contributed by atoms with Crippen LogP contribution in [0.2, 0.25) is 0 Å². The maximum absolute atomic E-state index is 13.4. The number of para-hydroxylation sites is 1. The molecule has 0 radical (unpaired) electrons. The van der Waals surface area contributed by atoms with Crippen molar-refractivity contribution in [1.29, 1.82) is 0 Å². The van der Waals surface area contributed by atoms with Crippen LogP contribution < -0.4 is 14.8 Å². The second-order valence-corrected chi connectivity index (χ2v) is 9.72. The van der Waals surface area contributed by atoms with E-state index in [2.05, 4.69) is 21.8 Å². The number of hydrogen-bond donors (Lipinski definition) is 1. The van der Waals surface area contributed by atoms with Gasteiger partial charge in [0.2, 0.25) is 0 Å². The fraction of sp³-hybridized carbons (Fsp3) is 0.300. The zero-order valence-corrected chi connectivity index (χ0v) is 22.8. The van der Waals surface area contributed by atoms with Crippen LogP contribution in [0.4, 0.5) is 4.79 Å². The topological polar surface area (TPSA) is 97.3 Å². The van der Waals surface area contributed by atoms with Crippen molar-refractivity contribution >= 4 is 30.3 Å². The summed E-state index contributed by atoms with van der Waals surface area (Å²) in [6.07, 6.45) is 2.37. The third-order valence-corrected chi connectivity index (χ3v) is 7.60. The molecule has 0 unspecified atom stereocenters. The monoisotopic (exact) mass is 545 g/mol. The molecule has 9 heteroatoms. The molecule has 0 saturated heterocycles. The number of carbonyl (C=O) groups excluding carboxylic acids is 3. The van der Waals surface area contributed by atoms with Crippen molar-refractivity contribution in [1.82, 2.24) is 10.2 Å². The van der Waals surface area contributed by atoms with E-state index < -0.39 is 11.9 Å². The molecule has 3 aromatic rings. The normalized spacial score (nSPS) is 18.5. The molecule has 3 aromatic carbocycles. The number of amides is 4. The van der Waals surface area contributed by atoms with Gasteiger partial charge in [-0.1, -0.05) is 42.5 Å².